The summed E-state index contributed by atoms with van der Waals surface area (Å²) >= 11 is 0. The van der Waals surface area contributed by atoms with Crippen LogP contribution in [0.3, 0.4) is 0 Å². The molecule has 20 heavy (non-hydrogen) atoms. The molecule has 0 aliphatic carbocycles. The van der Waals surface area contributed by atoms with Crippen molar-refractivity contribution in [2.75, 3.05) is 6.54 Å². The minimum Gasteiger partial charge on any atom is -0.481 e. The number of rotatable bonds is 7. The van der Waals surface area contributed by atoms with Gasteiger partial charge in [-0.3, -0.25) is 9.59 Å². The lowest BCUT2D eigenvalue weighted by Crippen LogP contribution is -2.26. The minimum absolute atomic E-state index is 0.102. The van der Waals surface area contributed by atoms with Crippen LogP contribution < -0.4 is 5.32 Å². The quantitative estimate of drug-likeness (QED) is 0.771. The molecule has 2 rings (SSSR count). The Bertz CT molecular complexity index is 576. The number of aryl methyl sites for hydroxylation is 1. The molecule has 2 N–H and O–H groups in total. The Hall–Kier alpha value is -2.64. The van der Waals surface area contributed by atoms with Crippen LogP contribution in [0.15, 0.2) is 27.3 Å². The average molecular weight is 279 g/mol. The summed E-state index contributed by atoms with van der Waals surface area (Å²) in [6.07, 6.45) is 1.84. The van der Waals surface area contributed by atoms with E-state index in [2.05, 4.69) is 15.5 Å². The first kappa shape index (κ1) is 13.8. The van der Waals surface area contributed by atoms with E-state index in [0.29, 0.717) is 17.5 Å². The zero-order valence-electron chi connectivity index (χ0n) is 10.5. The molecule has 0 bridgehead atoms. The van der Waals surface area contributed by atoms with Crippen LogP contribution in [-0.4, -0.2) is 33.7 Å². The summed E-state index contributed by atoms with van der Waals surface area (Å²) in [5.74, 6) is -0.0683. The number of aliphatic carboxylic acids is 1. The lowest BCUT2D eigenvalue weighted by atomic mass is 10.3. The number of aromatic nitrogens is 2. The van der Waals surface area contributed by atoms with E-state index in [9.17, 15) is 9.59 Å². The third-order valence-electron chi connectivity index (χ3n) is 2.44. The van der Waals surface area contributed by atoms with Crippen LogP contribution in [0.2, 0.25) is 0 Å². The van der Waals surface area contributed by atoms with Gasteiger partial charge in [-0.25, -0.2) is 0 Å². The predicted molar refractivity (Wildman–Crippen MR) is 65.6 cm³/mol. The van der Waals surface area contributed by atoms with Crippen LogP contribution in [0, 0.1) is 0 Å². The Morgan fingerprint density at radius 1 is 1.35 bits per heavy atom. The van der Waals surface area contributed by atoms with Crippen molar-refractivity contribution >= 4 is 11.9 Å². The maximum Gasteiger partial charge on any atom is 0.305 e. The highest BCUT2D eigenvalue weighted by Crippen LogP contribution is 2.16. The molecule has 106 valence electrons. The number of nitrogens with zero attached hydrogens (tertiary/aromatic N) is 2. The van der Waals surface area contributed by atoms with Crippen LogP contribution in [0.4, 0.5) is 0 Å². The second-order valence-electron chi connectivity index (χ2n) is 3.98. The molecular weight excluding hydrogens is 266 g/mol. The molecule has 0 radical (unpaired) electrons. The molecule has 0 aliphatic rings. The maximum absolute atomic E-state index is 11.4. The maximum atomic E-state index is 11.4. The van der Waals surface area contributed by atoms with Crippen LogP contribution in [-0.2, 0) is 16.0 Å². The van der Waals surface area contributed by atoms with Crippen LogP contribution in [0.5, 0.6) is 0 Å². The minimum atomic E-state index is -0.953. The fourth-order valence-corrected chi connectivity index (χ4v) is 1.48. The molecule has 0 atom stereocenters. The summed E-state index contributed by atoms with van der Waals surface area (Å²) in [6, 6.07) is 3.41. The standard InChI is InChI=1S/C12H13N3O5/c16-9(13-6-5-11(17)18)3-4-10-14-12(15-20-10)8-2-1-7-19-8/h1-2,7H,3-6H2,(H,13,16)(H,17,18). The van der Waals surface area contributed by atoms with Gasteiger partial charge in [0.1, 0.15) is 0 Å². The van der Waals surface area contributed by atoms with Crippen molar-refractivity contribution in [2.45, 2.75) is 19.3 Å². The Labute approximate surface area is 113 Å². The van der Waals surface area contributed by atoms with E-state index in [4.69, 9.17) is 14.0 Å². The Balaban J connectivity index is 1.77. The molecule has 2 aromatic rings. The molecule has 0 fully saturated rings. The number of carbonyl (C=O) groups excluding carboxylic acids is 1. The first-order valence-corrected chi connectivity index (χ1v) is 6.00. The number of carboxylic acid groups (broad SMARTS) is 1. The van der Waals surface area contributed by atoms with E-state index in [-0.39, 0.29) is 31.7 Å². The molecule has 8 heteroatoms. The predicted octanol–water partition coefficient (Wildman–Crippen LogP) is 0.853. The van der Waals surface area contributed by atoms with Crippen molar-refractivity contribution in [3.63, 3.8) is 0 Å². The Morgan fingerprint density at radius 3 is 2.90 bits per heavy atom. The van der Waals surface area contributed by atoms with Crippen molar-refractivity contribution in [1.82, 2.24) is 15.5 Å². The van der Waals surface area contributed by atoms with Crippen molar-refractivity contribution in [3.8, 4) is 11.6 Å². The number of hydrogen-bond acceptors (Lipinski definition) is 6. The van der Waals surface area contributed by atoms with E-state index < -0.39 is 5.97 Å². The fraction of sp³-hybridized carbons (Fsp3) is 0.333. The van der Waals surface area contributed by atoms with Gasteiger partial charge in [0.05, 0.1) is 12.7 Å². The fourth-order valence-electron chi connectivity index (χ4n) is 1.48. The summed E-state index contributed by atoms with van der Waals surface area (Å²) in [4.78, 5) is 25.8. The first-order valence-electron chi connectivity index (χ1n) is 6.00. The van der Waals surface area contributed by atoms with E-state index in [1.165, 1.54) is 6.26 Å². The van der Waals surface area contributed by atoms with E-state index >= 15 is 0 Å². The smallest absolute Gasteiger partial charge is 0.305 e. The lowest BCUT2D eigenvalue weighted by Gasteiger charge is -2.00. The van der Waals surface area contributed by atoms with Crippen molar-refractivity contribution < 1.29 is 23.6 Å². The monoisotopic (exact) mass is 279 g/mol. The molecule has 0 aromatic carbocycles. The molecular formula is C12H13N3O5. The number of furan rings is 1. The van der Waals surface area contributed by atoms with Crippen LogP contribution in [0.1, 0.15) is 18.7 Å². The Morgan fingerprint density at radius 2 is 2.20 bits per heavy atom. The molecule has 8 nitrogen and oxygen atoms in total. The normalized spacial score (nSPS) is 10.4. The van der Waals surface area contributed by atoms with Gasteiger partial charge in [0.15, 0.2) is 5.76 Å². The number of hydrogen-bond donors (Lipinski definition) is 2. The summed E-state index contributed by atoms with van der Waals surface area (Å²) < 4.78 is 10.1. The topological polar surface area (TPSA) is 118 Å². The largest absolute Gasteiger partial charge is 0.481 e. The summed E-state index contributed by atoms with van der Waals surface area (Å²) in [5.41, 5.74) is 0. The molecule has 2 aromatic heterocycles. The van der Waals surface area contributed by atoms with Gasteiger partial charge in [-0.1, -0.05) is 5.16 Å². The SMILES string of the molecule is O=C(O)CCNC(=O)CCc1nc(-c2ccco2)no1. The van der Waals surface area contributed by atoms with Crippen molar-refractivity contribution in [1.29, 1.82) is 0 Å². The number of carbonyl (C=O) groups is 2. The van der Waals surface area contributed by atoms with Gasteiger partial charge in [-0.15, -0.1) is 0 Å². The molecule has 0 saturated heterocycles. The highest BCUT2D eigenvalue weighted by Gasteiger charge is 2.12. The van der Waals surface area contributed by atoms with Gasteiger partial charge in [0.25, 0.3) is 0 Å². The third kappa shape index (κ3) is 3.94. The van der Waals surface area contributed by atoms with Gasteiger partial charge in [0.2, 0.25) is 17.6 Å². The van der Waals surface area contributed by atoms with E-state index in [0.717, 1.165) is 0 Å². The zero-order valence-corrected chi connectivity index (χ0v) is 10.5. The molecule has 0 saturated carbocycles. The van der Waals surface area contributed by atoms with Crippen LogP contribution in [0.25, 0.3) is 11.6 Å². The zero-order chi connectivity index (χ0) is 14.4. The molecule has 2 heterocycles. The van der Waals surface area contributed by atoms with Gasteiger partial charge in [-0.2, -0.15) is 4.98 Å². The third-order valence-corrected chi connectivity index (χ3v) is 2.44. The number of amides is 1. The molecule has 0 unspecified atom stereocenters. The lowest BCUT2D eigenvalue weighted by molar-refractivity contribution is -0.136. The summed E-state index contributed by atoms with van der Waals surface area (Å²) in [6.45, 7) is 0.107. The van der Waals surface area contributed by atoms with Crippen molar-refractivity contribution in [3.05, 3.63) is 24.3 Å². The van der Waals surface area contributed by atoms with E-state index in [1.807, 2.05) is 0 Å². The van der Waals surface area contributed by atoms with Crippen LogP contribution >= 0.6 is 0 Å². The van der Waals surface area contributed by atoms with Gasteiger partial charge >= 0.3 is 5.97 Å². The molecule has 0 aliphatic heterocycles. The van der Waals surface area contributed by atoms with Gasteiger partial charge < -0.3 is 19.4 Å². The highest BCUT2D eigenvalue weighted by molar-refractivity contribution is 5.76. The second kappa shape index (κ2) is 6.50. The Kier molecular flexibility index (Phi) is 4.48. The van der Waals surface area contributed by atoms with E-state index in [1.54, 1.807) is 12.1 Å². The average Bonchev–Trinajstić information content (AvgIpc) is 3.06. The van der Waals surface area contributed by atoms with Gasteiger partial charge in [-0.05, 0) is 12.1 Å². The highest BCUT2D eigenvalue weighted by atomic mass is 16.5. The molecule has 0 spiro atoms. The van der Waals surface area contributed by atoms with Gasteiger partial charge in [0, 0.05) is 19.4 Å². The number of nitrogens with one attached hydrogen (secondary N) is 1. The summed E-state index contributed by atoms with van der Waals surface area (Å²) in [5, 5.41) is 14.7. The molecule has 1 amide bonds. The number of carboxylic acids is 1. The summed E-state index contributed by atoms with van der Waals surface area (Å²) in [7, 11) is 0. The van der Waals surface area contributed by atoms with Crippen molar-refractivity contribution in [2.24, 2.45) is 0 Å². The first-order chi connectivity index (χ1) is 9.65. The second-order valence-corrected chi connectivity index (χ2v) is 3.98.